The van der Waals surface area contributed by atoms with Gasteiger partial charge >= 0.3 is 6.03 Å². The third-order valence-electron chi connectivity index (χ3n) is 4.78. The van der Waals surface area contributed by atoms with Gasteiger partial charge in [0.1, 0.15) is 0 Å². The molecule has 0 saturated heterocycles. The Morgan fingerprint density at radius 3 is 2.55 bits per heavy atom. The normalized spacial score (nSPS) is 12.8. The van der Waals surface area contributed by atoms with Gasteiger partial charge in [0.25, 0.3) is 0 Å². The Morgan fingerprint density at radius 2 is 1.90 bits per heavy atom. The number of rotatable bonds is 8. The van der Waals surface area contributed by atoms with Gasteiger partial charge in [-0.3, -0.25) is 4.40 Å². The fourth-order valence-corrected chi connectivity index (χ4v) is 4.22. The number of sulfonamides is 1. The van der Waals surface area contributed by atoms with Crippen LogP contribution in [0.2, 0.25) is 0 Å². The molecule has 3 aromatic rings. The lowest BCUT2D eigenvalue weighted by Gasteiger charge is -2.21. The van der Waals surface area contributed by atoms with Crippen LogP contribution in [0, 0.1) is 5.92 Å². The lowest BCUT2D eigenvalue weighted by molar-refractivity contribution is 0.243. The lowest BCUT2D eigenvalue weighted by Crippen LogP contribution is -2.36. The second kappa shape index (κ2) is 9.27. The molecular formula is C21H26N6O3S. The summed E-state index contributed by atoms with van der Waals surface area (Å²) in [6.45, 7) is 7.72. The van der Waals surface area contributed by atoms with Gasteiger partial charge in [-0.25, -0.2) is 13.2 Å². The molecule has 1 atom stereocenters. The fraction of sp³-hybridized carbons (Fsp3) is 0.286. The Balaban J connectivity index is 1.73. The van der Waals surface area contributed by atoms with E-state index in [1.807, 2.05) is 42.6 Å². The number of likely N-dealkylation sites (N-methyl/N-ethyl adjacent to an activating group) is 1. The van der Waals surface area contributed by atoms with Gasteiger partial charge in [0.15, 0.2) is 11.5 Å². The van der Waals surface area contributed by atoms with Crippen LogP contribution in [0.1, 0.15) is 25.7 Å². The highest BCUT2D eigenvalue weighted by Gasteiger charge is 2.24. The van der Waals surface area contributed by atoms with Crippen molar-refractivity contribution in [3.63, 3.8) is 0 Å². The van der Waals surface area contributed by atoms with Crippen molar-refractivity contribution in [3.05, 3.63) is 67.1 Å². The molecule has 2 heterocycles. The first-order valence-electron chi connectivity index (χ1n) is 9.78. The predicted molar refractivity (Wildman–Crippen MR) is 119 cm³/mol. The zero-order chi connectivity index (χ0) is 22.6. The molecule has 3 rings (SSSR count). The average molecular weight is 443 g/mol. The summed E-state index contributed by atoms with van der Waals surface area (Å²) in [4.78, 5) is 12.8. The van der Waals surface area contributed by atoms with E-state index in [0.717, 1.165) is 0 Å². The number of pyridine rings is 1. The molecule has 31 heavy (non-hydrogen) atoms. The summed E-state index contributed by atoms with van der Waals surface area (Å²) in [7, 11) is -2.13. The van der Waals surface area contributed by atoms with Crippen LogP contribution in [0.4, 0.5) is 10.5 Å². The Morgan fingerprint density at radius 1 is 1.19 bits per heavy atom. The van der Waals surface area contributed by atoms with Gasteiger partial charge in [-0.1, -0.05) is 26.0 Å². The minimum absolute atomic E-state index is 0.0614. The standard InChI is InChI=1S/C21H26N6O3S/c1-5-13-26(4)31(29,30)17-11-9-16(10-12-17)22-21(28)23-19(15(2)3)20-25-24-18-8-6-7-14-27(18)20/h5-12,14-15,19H,1,13H2,2-4H3,(H2,22,23,28). The highest BCUT2D eigenvalue weighted by atomic mass is 32.2. The molecule has 164 valence electrons. The van der Waals surface area contributed by atoms with E-state index in [0.29, 0.717) is 17.2 Å². The summed E-state index contributed by atoms with van der Waals surface area (Å²) in [5.74, 6) is 0.693. The van der Waals surface area contributed by atoms with Gasteiger partial charge in [0.2, 0.25) is 10.0 Å². The van der Waals surface area contributed by atoms with Crippen molar-refractivity contribution < 1.29 is 13.2 Å². The number of nitrogens with zero attached hydrogens (tertiary/aromatic N) is 4. The maximum atomic E-state index is 12.6. The number of carbonyl (C=O) groups is 1. The maximum Gasteiger partial charge on any atom is 0.319 e. The van der Waals surface area contributed by atoms with Crippen LogP contribution in [0.5, 0.6) is 0 Å². The minimum Gasteiger partial charge on any atom is -0.328 e. The van der Waals surface area contributed by atoms with Gasteiger partial charge in [0, 0.05) is 25.5 Å². The first kappa shape index (κ1) is 22.4. The van der Waals surface area contributed by atoms with Crippen molar-refractivity contribution in [2.75, 3.05) is 18.9 Å². The summed E-state index contributed by atoms with van der Waals surface area (Å²) in [5, 5.41) is 14.1. The van der Waals surface area contributed by atoms with E-state index in [2.05, 4.69) is 27.4 Å². The third-order valence-corrected chi connectivity index (χ3v) is 6.62. The molecule has 0 bridgehead atoms. The fourth-order valence-electron chi connectivity index (χ4n) is 3.08. The topological polar surface area (TPSA) is 109 Å². The molecule has 0 fully saturated rings. The number of hydrogen-bond acceptors (Lipinski definition) is 5. The molecule has 1 unspecified atom stereocenters. The molecule has 0 radical (unpaired) electrons. The molecule has 2 amide bonds. The number of benzene rings is 1. The van der Waals surface area contributed by atoms with Crippen LogP contribution in [-0.2, 0) is 10.0 Å². The zero-order valence-electron chi connectivity index (χ0n) is 17.7. The number of nitrogens with one attached hydrogen (secondary N) is 2. The monoisotopic (exact) mass is 442 g/mol. The number of aromatic nitrogens is 3. The van der Waals surface area contributed by atoms with Gasteiger partial charge in [-0.05, 0) is 42.3 Å². The number of fused-ring (bicyclic) bond motifs is 1. The first-order valence-corrected chi connectivity index (χ1v) is 11.2. The first-order chi connectivity index (χ1) is 14.7. The highest BCUT2D eigenvalue weighted by molar-refractivity contribution is 7.89. The number of urea groups is 1. The summed E-state index contributed by atoms with van der Waals surface area (Å²) < 4.78 is 28.0. The molecular weight excluding hydrogens is 416 g/mol. The van der Waals surface area contributed by atoms with Crippen LogP contribution < -0.4 is 10.6 Å². The van der Waals surface area contributed by atoms with Crippen LogP contribution >= 0.6 is 0 Å². The van der Waals surface area contributed by atoms with Gasteiger partial charge < -0.3 is 10.6 Å². The van der Waals surface area contributed by atoms with Crippen molar-refractivity contribution in [1.29, 1.82) is 0 Å². The average Bonchev–Trinajstić information content (AvgIpc) is 3.16. The van der Waals surface area contributed by atoms with Crippen molar-refractivity contribution in [1.82, 2.24) is 24.2 Å². The van der Waals surface area contributed by atoms with E-state index >= 15 is 0 Å². The SMILES string of the molecule is C=CCN(C)S(=O)(=O)c1ccc(NC(=O)NC(c2nnc3ccccn23)C(C)C)cc1. The predicted octanol–water partition coefficient (Wildman–Crippen LogP) is 3.05. The second-order valence-corrected chi connectivity index (χ2v) is 9.45. The summed E-state index contributed by atoms with van der Waals surface area (Å²) in [6, 6.07) is 10.8. The number of hydrogen-bond donors (Lipinski definition) is 2. The van der Waals surface area contributed by atoms with Gasteiger partial charge in [-0.2, -0.15) is 4.31 Å². The number of anilines is 1. The largest absolute Gasteiger partial charge is 0.328 e. The van der Waals surface area contributed by atoms with Crippen LogP contribution in [0.25, 0.3) is 5.65 Å². The van der Waals surface area contributed by atoms with Crippen LogP contribution in [0.15, 0.2) is 66.2 Å². The van der Waals surface area contributed by atoms with E-state index in [9.17, 15) is 13.2 Å². The lowest BCUT2D eigenvalue weighted by atomic mass is 10.0. The molecule has 0 saturated carbocycles. The third kappa shape index (κ3) is 4.92. The zero-order valence-corrected chi connectivity index (χ0v) is 18.5. The van der Waals surface area contributed by atoms with Crippen LogP contribution in [-0.4, -0.2) is 46.9 Å². The number of amides is 2. The van der Waals surface area contributed by atoms with Gasteiger partial charge in [0.05, 0.1) is 10.9 Å². The molecule has 9 nitrogen and oxygen atoms in total. The molecule has 0 aliphatic rings. The van der Waals surface area contributed by atoms with Crippen molar-refractivity contribution in [3.8, 4) is 0 Å². The van der Waals surface area contributed by atoms with E-state index in [1.165, 1.54) is 29.6 Å². The molecule has 0 aliphatic carbocycles. The Kier molecular flexibility index (Phi) is 6.71. The minimum atomic E-state index is -3.61. The molecule has 0 spiro atoms. The second-order valence-electron chi connectivity index (χ2n) is 7.41. The van der Waals surface area contributed by atoms with Crippen molar-refractivity contribution >= 4 is 27.4 Å². The van der Waals surface area contributed by atoms with E-state index in [-0.39, 0.29) is 23.4 Å². The Hall–Kier alpha value is -3.24. The molecule has 2 N–H and O–H groups in total. The smallest absolute Gasteiger partial charge is 0.319 e. The highest BCUT2D eigenvalue weighted by Crippen LogP contribution is 2.22. The van der Waals surface area contributed by atoms with Gasteiger partial charge in [-0.15, -0.1) is 16.8 Å². The van der Waals surface area contributed by atoms with Crippen LogP contribution in [0.3, 0.4) is 0 Å². The molecule has 2 aromatic heterocycles. The Labute approximate surface area is 181 Å². The number of carbonyl (C=O) groups excluding carboxylic acids is 1. The van der Waals surface area contributed by atoms with Crippen molar-refractivity contribution in [2.24, 2.45) is 5.92 Å². The van der Waals surface area contributed by atoms with Crippen molar-refractivity contribution in [2.45, 2.75) is 24.8 Å². The molecule has 10 heteroatoms. The molecule has 1 aromatic carbocycles. The maximum absolute atomic E-state index is 12.6. The van der Waals surface area contributed by atoms with E-state index in [4.69, 9.17) is 0 Å². The summed E-state index contributed by atoms with van der Waals surface area (Å²) in [5.41, 5.74) is 1.17. The molecule has 0 aliphatic heterocycles. The summed E-state index contributed by atoms with van der Waals surface area (Å²) >= 11 is 0. The quantitative estimate of drug-likeness (QED) is 0.521. The summed E-state index contributed by atoms with van der Waals surface area (Å²) in [6.07, 6.45) is 3.36. The van der Waals surface area contributed by atoms with E-state index in [1.54, 1.807) is 12.1 Å². The van der Waals surface area contributed by atoms with E-state index < -0.39 is 16.1 Å². The Bertz CT molecular complexity index is 1170.